The molecule has 0 amide bonds. The zero-order chi connectivity index (χ0) is 16.9. The van der Waals surface area contributed by atoms with Crippen molar-refractivity contribution in [2.24, 2.45) is 0 Å². The standard InChI is InChI=1S/C21H19FO2/c1-15(23)21-19(22)12-7-13-20(21)24-14-17-10-5-6-11-18(17)16-8-3-2-4-9-16/h2-3,5-8,10-13H,4,9,14H2,1H3. The molecule has 0 unspecified atom stereocenters. The van der Waals surface area contributed by atoms with Crippen LogP contribution in [0.2, 0.25) is 0 Å². The number of halogens is 1. The van der Waals surface area contributed by atoms with Crippen molar-refractivity contribution in [3.63, 3.8) is 0 Å². The highest BCUT2D eigenvalue weighted by Crippen LogP contribution is 2.28. The van der Waals surface area contributed by atoms with Gasteiger partial charge in [0.2, 0.25) is 0 Å². The monoisotopic (exact) mass is 322 g/mol. The number of Topliss-reactive ketones (excluding diaryl/α,β-unsaturated/α-hetero) is 1. The minimum Gasteiger partial charge on any atom is -0.488 e. The third-order valence-corrected chi connectivity index (χ3v) is 4.09. The summed E-state index contributed by atoms with van der Waals surface area (Å²) in [6.07, 6.45) is 8.35. The van der Waals surface area contributed by atoms with Crippen LogP contribution in [0.1, 0.15) is 41.3 Å². The second kappa shape index (κ2) is 7.26. The fourth-order valence-electron chi connectivity index (χ4n) is 2.91. The number of benzene rings is 2. The Morgan fingerprint density at radius 2 is 2.00 bits per heavy atom. The van der Waals surface area contributed by atoms with E-state index in [4.69, 9.17) is 4.74 Å². The fourth-order valence-corrected chi connectivity index (χ4v) is 2.91. The molecule has 0 bridgehead atoms. The van der Waals surface area contributed by atoms with Gasteiger partial charge in [0.05, 0.1) is 5.56 Å². The van der Waals surface area contributed by atoms with Crippen LogP contribution < -0.4 is 4.74 Å². The smallest absolute Gasteiger partial charge is 0.166 e. The zero-order valence-electron chi connectivity index (χ0n) is 13.6. The van der Waals surface area contributed by atoms with Crippen LogP contribution in [0.15, 0.2) is 60.7 Å². The maximum absolute atomic E-state index is 13.9. The molecule has 0 aromatic heterocycles. The van der Waals surface area contributed by atoms with Gasteiger partial charge in [-0.2, -0.15) is 0 Å². The van der Waals surface area contributed by atoms with Crippen molar-refractivity contribution < 1.29 is 13.9 Å². The molecule has 0 fully saturated rings. The van der Waals surface area contributed by atoms with Gasteiger partial charge in [-0.1, -0.05) is 48.6 Å². The van der Waals surface area contributed by atoms with Gasteiger partial charge < -0.3 is 4.74 Å². The second-order valence-electron chi connectivity index (χ2n) is 5.77. The number of hydrogen-bond donors (Lipinski definition) is 0. The van der Waals surface area contributed by atoms with E-state index in [0.29, 0.717) is 6.61 Å². The van der Waals surface area contributed by atoms with Crippen LogP contribution in [0.4, 0.5) is 4.39 Å². The van der Waals surface area contributed by atoms with Gasteiger partial charge in [0.1, 0.15) is 18.2 Å². The molecular formula is C21H19FO2. The van der Waals surface area contributed by atoms with Crippen LogP contribution in [-0.4, -0.2) is 5.78 Å². The molecule has 122 valence electrons. The minimum absolute atomic E-state index is 0.00907. The number of ketones is 1. The van der Waals surface area contributed by atoms with Gasteiger partial charge in [-0.05, 0) is 48.6 Å². The summed E-state index contributed by atoms with van der Waals surface area (Å²) in [5.41, 5.74) is 3.44. The van der Waals surface area contributed by atoms with E-state index in [0.717, 1.165) is 24.0 Å². The average molecular weight is 322 g/mol. The molecule has 1 aliphatic rings. The highest BCUT2D eigenvalue weighted by Gasteiger charge is 2.15. The van der Waals surface area contributed by atoms with E-state index in [2.05, 4.69) is 24.3 Å². The molecular weight excluding hydrogens is 303 g/mol. The van der Waals surface area contributed by atoms with Gasteiger partial charge in [-0.3, -0.25) is 4.79 Å². The minimum atomic E-state index is -0.548. The summed E-state index contributed by atoms with van der Waals surface area (Å²) < 4.78 is 19.7. The summed E-state index contributed by atoms with van der Waals surface area (Å²) in [5.74, 6) is -0.597. The Morgan fingerprint density at radius 1 is 1.17 bits per heavy atom. The Kier molecular flexibility index (Phi) is 4.90. The number of carbonyl (C=O) groups excluding carboxylic acids is 1. The van der Waals surface area contributed by atoms with Crippen molar-refractivity contribution in [1.82, 2.24) is 0 Å². The van der Waals surface area contributed by atoms with Crippen molar-refractivity contribution in [3.05, 3.63) is 83.2 Å². The SMILES string of the molecule is CC(=O)c1c(F)cccc1OCc1ccccc1C1=CC=CCC1. The lowest BCUT2D eigenvalue weighted by Gasteiger charge is -2.16. The maximum Gasteiger partial charge on any atom is 0.166 e. The normalized spacial score (nSPS) is 13.5. The van der Waals surface area contributed by atoms with Crippen molar-refractivity contribution in [2.75, 3.05) is 0 Å². The zero-order valence-corrected chi connectivity index (χ0v) is 13.6. The molecule has 24 heavy (non-hydrogen) atoms. The molecule has 0 N–H and O–H groups in total. The number of hydrogen-bond acceptors (Lipinski definition) is 2. The first-order valence-electron chi connectivity index (χ1n) is 8.03. The topological polar surface area (TPSA) is 26.3 Å². The molecule has 0 spiro atoms. The van der Waals surface area contributed by atoms with Crippen molar-refractivity contribution >= 4 is 11.4 Å². The molecule has 3 rings (SSSR count). The number of carbonyl (C=O) groups is 1. The summed E-state index contributed by atoms with van der Waals surface area (Å²) in [6.45, 7) is 1.64. The summed E-state index contributed by atoms with van der Waals surface area (Å²) in [5, 5.41) is 0. The first-order valence-corrected chi connectivity index (χ1v) is 8.03. The average Bonchev–Trinajstić information content (AvgIpc) is 2.60. The fraction of sp³-hybridized carbons (Fsp3) is 0.190. The first-order chi connectivity index (χ1) is 11.7. The summed E-state index contributed by atoms with van der Waals surface area (Å²) in [6, 6.07) is 12.5. The molecule has 0 atom stereocenters. The molecule has 0 saturated heterocycles. The van der Waals surface area contributed by atoms with Crippen molar-refractivity contribution in [3.8, 4) is 5.75 Å². The number of allylic oxidation sites excluding steroid dienone is 4. The third kappa shape index (κ3) is 3.46. The Balaban J connectivity index is 1.86. The molecule has 0 heterocycles. The lowest BCUT2D eigenvalue weighted by molar-refractivity contribution is 0.100. The number of ether oxygens (including phenoxy) is 1. The highest BCUT2D eigenvalue weighted by molar-refractivity contribution is 5.97. The van der Waals surface area contributed by atoms with E-state index in [1.165, 1.54) is 18.6 Å². The van der Waals surface area contributed by atoms with E-state index in [1.807, 2.05) is 18.2 Å². The Morgan fingerprint density at radius 3 is 2.75 bits per heavy atom. The highest BCUT2D eigenvalue weighted by atomic mass is 19.1. The van der Waals surface area contributed by atoms with Crippen molar-refractivity contribution in [2.45, 2.75) is 26.4 Å². The second-order valence-corrected chi connectivity index (χ2v) is 5.77. The molecule has 0 saturated carbocycles. The van der Waals surface area contributed by atoms with E-state index >= 15 is 0 Å². The van der Waals surface area contributed by atoms with Gasteiger partial charge in [0, 0.05) is 0 Å². The molecule has 0 aliphatic heterocycles. The van der Waals surface area contributed by atoms with Gasteiger partial charge in [0.15, 0.2) is 5.78 Å². The predicted molar refractivity (Wildman–Crippen MR) is 93.5 cm³/mol. The lowest BCUT2D eigenvalue weighted by Crippen LogP contribution is -2.06. The lowest BCUT2D eigenvalue weighted by atomic mass is 9.94. The molecule has 0 radical (unpaired) electrons. The van der Waals surface area contributed by atoms with Crippen LogP contribution in [0.3, 0.4) is 0 Å². The van der Waals surface area contributed by atoms with E-state index in [1.54, 1.807) is 12.1 Å². The Bertz CT molecular complexity index is 818. The van der Waals surface area contributed by atoms with Gasteiger partial charge in [-0.15, -0.1) is 0 Å². The van der Waals surface area contributed by atoms with E-state index < -0.39 is 5.82 Å². The quantitative estimate of drug-likeness (QED) is 0.694. The molecule has 3 heteroatoms. The largest absolute Gasteiger partial charge is 0.488 e. The van der Waals surface area contributed by atoms with Crippen LogP contribution in [-0.2, 0) is 6.61 Å². The summed E-state index contributed by atoms with van der Waals surface area (Å²) in [4.78, 5) is 11.7. The Labute approximate surface area is 141 Å². The molecule has 2 nitrogen and oxygen atoms in total. The van der Waals surface area contributed by atoms with Gasteiger partial charge >= 0.3 is 0 Å². The number of rotatable bonds is 5. The van der Waals surface area contributed by atoms with Crippen LogP contribution in [0, 0.1) is 5.82 Å². The van der Waals surface area contributed by atoms with Gasteiger partial charge in [-0.25, -0.2) is 4.39 Å². The van der Waals surface area contributed by atoms with E-state index in [-0.39, 0.29) is 17.1 Å². The van der Waals surface area contributed by atoms with Crippen molar-refractivity contribution in [1.29, 1.82) is 0 Å². The molecule has 1 aliphatic carbocycles. The molecule has 2 aromatic rings. The Hall–Kier alpha value is -2.68. The predicted octanol–water partition coefficient (Wildman–Crippen LogP) is 5.34. The first kappa shape index (κ1) is 16.2. The third-order valence-electron chi connectivity index (χ3n) is 4.09. The summed E-state index contributed by atoms with van der Waals surface area (Å²) >= 11 is 0. The van der Waals surface area contributed by atoms with Crippen LogP contribution in [0.25, 0.3) is 5.57 Å². The van der Waals surface area contributed by atoms with E-state index in [9.17, 15) is 9.18 Å². The van der Waals surface area contributed by atoms with Crippen LogP contribution in [0.5, 0.6) is 5.75 Å². The van der Waals surface area contributed by atoms with Crippen LogP contribution >= 0.6 is 0 Å². The summed E-state index contributed by atoms with van der Waals surface area (Å²) in [7, 11) is 0. The van der Waals surface area contributed by atoms with Gasteiger partial charge in [0.25, 0.3) is 0 Å². The maximum atomic E-state index is 13.9. The molecule has 2 aromatic carbocycles.